The first kappa shape index (κ1) is 22.7. The fourth-order valence-electron chi connectivity index (χ4n) is 2.73. The molecule has 0 bridgehead atoms. The predicted octanol–water partition coefficient (Wildman–Crippen LogP) is 4.45. The Labute approximate surface area is 181 Å². The summed E-state index contributed by atoms with van der Waals surface area (Å²) >= 11 is 0. The third kappa shape index (κ3) is 6.27. The van der Waals surface area contributed by atoms with Crippen molar-refractivity contribution in [1.82, 2.24) is 9.97 Å². The topological polar surface area (TPSA) is 93.2 Å². The number of halogens is 3. The maximum absolute atomic E-state index is 12.7. The van der Waals surface area contributed by atoms with Crippen LogP contribution in [0.1, 0.15) is 18.2 Å². The minimum absolute atomic E-state index is 0.114. The largest absolute Gasteiger partial charge is 0.467 e. The van der Waals surface area contributed by atoms with Gasteiger partial charge in [-0.05, 0) is 43.3 Å². The fourth-order valence-corrected chi connectivity index (χ4v) is 2.73. The average Bonchev–Trinajstić information content (AvgIpc) is 2.72. The molecule has 0 unspecified atom stereocenters. The lowest BCUT2D eigenvalue weighted by molar-refractivity contribution is -0.137. The Morgan fingerprint density at radius 1 is 0.938 bits per heavy atom. The van der Waals surface area contributed by atoms with Gasteiger partial charge < -0.3 is 15.4 Å². The van der Waals surface area contributed by atoms with Crippen molar-refractivity contribution in [3.05, 3.63) is 65.9 Å². The number of nitrogens with zero attached hydrogens (tertiary/aromatic N) is 2. The van der Waals surface area contributed by atoms with E-state index in [2.05, 4.69) is 20.6 Å². The number of benzene rings is 2. The van der Waals surface area contributed by atoms with Crippen LogP contribution in [0.15, 0.2) is 54.6 Å². The van der Waals surface area contributed by atoms with Crippen molar-refractivity contribution in [3.8, 4) is 17.3 Å². The third-order valence-electron chi connectivity index (χ3n) is 4.14. The summed E-state index contributed by atoms with van der Waals surface area (Å²) in [5.41, 5.74) is 1.25. The molecule has 0 fully saturated rings. The molecule has 2 amide bonds. The van der Waals surface area contributed by atoms with Crippen molar-refractivity contribution in [2.24, 2.45) is 0 Å². The molecule has 0 radical (unpaired) electrons. The lowest BCUT2D eigenvalue weighted by Crippen LogP contribution is -2.20. The highest BCUT2D eigenvalue weighted by Crippen LogP contribution is 2.30. The molecule has 3 rings (SSSR count). The molecule has 0 atom stereocenters. The van der Waals surface area contributed by atoms with E-state index in [0.717, 1.165) is 12.1 Å². The maximum atomic E-state index is 12.7. The van der Waals surface area contributed by atoms with E-state index >= 15 is 0 Å². The highest BCUT2D eigenvalue weighted by Gasteiger charge is 2.30. The lowest BCUT2D eigenvalue weighted by atomic mass is 10.1. The monoisotopic (exact) mass is 444 g/mol. The minimum atomic E-state index is -4.43. The maximum Gasteiger partial charge on any atom is 0.416 e. The Kier molecular flexibility index (Phi) is 6.72. The summed E-state index contributed by atoms with van der Waals surface area (Å²) in [6.07, 6.45) is -4.43. The SMILES string of the molecule is CC(=O)Nc1ccc(NC(=O)COc2cc(C)nc(-c3ccc(C(F)(F)F)cc3)n2)cc1. The smallest absolute Gasteiger partial charge is 0.416 e. The molecule has 0 aliphatic rings. The quantitative estimate of drug-likeness (QED) is 0.586. The Morgan fingerprint density at radius 3 is 2.09 bits per heavy atom. The lowest BCUT2D eigenvalue weighted by Gasteiger charge is -2.10. The van der Waals surface area contributed by atoms with E-state index < -0.39 is 17.6 Å². The number of aromatic nitrogens is 2. The van der Waals surface area contributed by atoms with E-state index in [1.165, 1.54) is 25.1 Å². The molecule has 2 N–H and O–H groups in total. The molecule has 0 aliphatic carbocycles. The van der Waals surface area contributed by atoms with Crippen LogP contribution < -0.4 is 15.4 Å². The van der Waals surface area contributed by atoms with Gasteiger partial charge in [-0.3, -0.25) is 9.59 Å². The number of carbonyl (C=O) groups excluding carboxylic acids is 2. The highest BCUT2D eigenvalue weighted by atomic mass is 19.4. The summed E-state index contributed by atoms with van der Waals surface area (Å²) in [7, 11) is 0. The number of hydrogen-bond acceptors (Lipinski definition) is 5. The summed E-state index contributed by atoms with van der Waals surface area (Å²) in [5, 5.41) is 5.27. The van der Waals surface area contributed by atoms with Gasteiger partial charge in [-0.2, -0.15) is 18.2 Å². The van der Waals surface area contributed by atoms with Crippen LogP contribution in [0.5, 0.6) is 5.88 Å². The van der Waals surface area contributed by atoms with Crippen LogP contribution in [0.2, 0.25) is 0 Å². The number of alkyl halides is 3. The van der Waals surface area contributed by atoms with Crippen LogP contribution in [0.4, 0.5) is 24.5 Å². The van der Waals surface area contributed by atoms with Crippen LogP contribution in [0.3, 0.4) is 0 Å². The molecule has 166 valence electrons. The molecule has 10 heteroatoms. The Morgan fingerprint density at radius 2 is 1.53 bits per heavy atom. The first-order valence-corrected chi connectivity index (χ1v) is 9.44. The molecule has 2 aromatic carbocycles. The van der Waals surface area contributed by atoms with Crippen LogP contribution in [-0.2, 0) is 15.8 Å². The Bertz CT molecular complexity index is 1110. The third-order valence-corrected chi connectivity index (χ3v) is 4.14. The van der Waals surface area contributed by atoms with E-state index in [4.69, 9.17) is 4.74 Å². The number of anilines is 2. The highest BCUT2D eigenvalue weighted by molar-refractivity contribution is 5.93. The van der Waals surface area contributed by atoms with Crippen molar-refractivity contribution in [3.63, 3.8) is 0 Å². The van der Waals surface area contributed by atoms with E-state index in [1.54, 1.807) is 31.2 Å². The molecule has 3 aromatic rings. The van der Waals surface area contributed by atoms with Gasteiger partial charge in [-0.1, -0.05) is 12.1 Å². The van der Waals surface area contributed by atoms with Gasteiger partial charge in [0, 0.05) is 35.6 Å². The summed E-state index contributed by atoms with van der Waals surface area (Å²) in [6, 6.07) is 12.5. The number of amides is 2. The van der Waals surface area contributed by atoms with E-state index in [0.29, 0.717) is 22.6 Å². The average molecular weight is 444 g/mol. The van der Waals surface area contributed by atoms with E-state index in [9.17, 15) is 22.8 Å². The second-order valence-corrected chi connectivity index (χ2v) is 6.84. The summed E-state index contributed by atoms with van der Waals surface area (Å²) in [5.74, 6) is -0.345. The van der Waals surface area contributed by atoms with E-state index in [-0.39, 0.29) is 24.2 Å². The standard InChI is InChI=1S/C22H19F3N4O3/c1-13-11-20(29-21(26-13)15-3-5-16(6-4-15)22(23,24)25)32-12-19(31)28-18-9-7-17(8-10-18)27-14(2)30/h3-11H,12H2,1-2H3,(H,27,30)(H,28,31). The molecule has 1 aromatic heterocycles. The number of hydrogen-bond donors (Lipinski definition) is 2. The number of rotatable bonds is 6. The fraction of sp³-hybridized carbons (Fsp3) is 0.182. The summed E-state index contributed by atoms with van der Waals surface area (Å²) in [6.45, 7) is 2.74. The second kappa shape index (κ2) is 9.46. The van der Waals surface area contributed by atoms with Crippen LogP contribution in [-0.4, -0.2) is 28.4 Å². The zero-order valence-electron chi connectivity index (χ0n) is 17.2. The zero-order valence-corrected chi connectivity index (χ0v) is 17.2. The van der Waals surface area contributed by atoms with Gasteiger partial charge in [0.2, 0.25) is 11.8 Å². The first-order valence-electron chi connectivity index (χ1n) is 9.44. The van der Waals surface area contributed by atoms with Gasteiger partial charge in [0.1, 0.15) is 0 Å². The number of ether oxygens (including phenoxy) is 1. The predicted molar refractivity (Wildman–Crippen MR) is 112 cm³/mol. The molecule has 32 heavy (non-hydrogen) atoms. The van der Waals surface area contributed by atoms with E-state index in [1.807, 2.05) is 0 Å². The van der Waals surface area contributed by atoms with Crippen LogP contribution >= 0.6 is 0 Å². The molecule has 0 saturated heterocycles. The van der Waals surface area contributed by atoms with Crippen molar-refractivity contribution in [2.45, 2.75) is 20.0 Å². The molecule has 0 saturated carbocycles. The first-order chi connectivity index (χ1) is 15.1. The molecule has 7 nitrogen and oxygen atoms in total. The van der Waals surface area contributed by atoms with Gasteiger partial charge >= 0.3 is 6.18 Å². The minimum Gasteiger partial charge on any atom is -0.467 e. The van der Waals surface area contributed by atoms with Crippen molar-refractivity contribution in [2.75, 3.05) is 17.2 Å². The number of carbonyl (C=O) groups is 2. The zero-order chi connectivity index (χ0) is 23.3. The molecule has 0 aliphatic heterocycles. The number of nitrogens with one attached hydrogen (secondary N) is 2. The Hall–Kier alpha value is -3.95. The van der Waals surface area contributed by atoms with Crippen LogP contribution in [0.25, 0.3) is 11.4 Å². The summed E-state index contributed by atoms with van der Waals surface area (Å²) in [4.78, 5) is 31.6. The molecular formula is C22H19F3N4O3. The van der Waals surface area contributed by atoms with Crippen molar-refractivity contribution >= 4 is 23.2 Å². The van der Waals surface area contributed by atoms with Crippen molar-refractivity contribution < 1.29 is 27.5 Å². The van der Waals surface area contributed by atoms with Crippen molar-refractivity contribution in [1.29, 1.82) is 0 Å². The van der Waals surface area contributed by atoms with Gasteiger partial charge in [0.15, 0.2) is 12.4 Å². The van der Waals surface area contributed by atoms with Gasteiger partial charge in [-0.25, -0.2) is 4.98 Å². The molecule has 0 spiro atoms. The normalized spacial score (nSPS) is 11.0. The van der Waals surface area contributed by atoms with Crippen LogP contribution in [0, 0.1) is 6.92 Å². The number of aryl methyl sites for hydroxylation is 1. The molecular weight excluding hydrogens is 425 g/mol. The van der Waals surface area contributed by atoms with Gasteiger partial charge in [0.05, 0.1) is 5.56 Å². The van der Waals surface area contributed by atoms with Gasteiger partial charge in [-0.15, -0.1) is 0 Å². The molecule has 1 heterocycles. The summed E-state index contributed by atoms with van der Waals surface area (Å²) < 4.78 is 43.7. The van der Waals surface area contributed by atoms with Gasteiger partial charge in [0.25, 0.3) is 5.91 Å². The Balaban J connectivity index is 1.63. The second-order valence-electron chi connectivity index (χ2n) is 6.84.